The maximum Gasteiger partial charge on any atom is 0.305 e. The first kappa shape index (κ1) is 15.1. The summed E-state index contributed by atoms with van der Waals surface area (Å²) in [5, 5.41) is 5.51. The van der Waals surface area contributed by atoms with Gasteiger partial charge in [0.25, 0.3) is 0 Å². The standard InChI is InChI=1S/C13H22N2O2S/c1-4-17-13(16)8-6-5-7-9-18-12-10-11(2)14-15(12)3/h10H,4-9H2,1-3H3. The lowest BCUT2D eigenvalue weighted by Crippen LogP contribution is -2.03. The zero-order valence-corrected chi connectivity index (χ0v) is 12.3. The maximum absolute atomic E-state index is 11.1. The molecule has 0 amide bonds. The molecule has 0 saturated heterocycles. The van der Waals surface area contributed by atoms with Crippen LogP contribution in [0.3, 0.4) is 0 Å². The van der Waals surface area contributed by atoms with Crippen LogP contribution in [0.15, 0.2) is 11.1 Å². The van der Waals surface area contributed by atoms with Crippen molar-refractivity contribution in [3.05, 3.63) is 11.8 Å². The molecule has 0 atom stereocenters. The number of carbonyl (C=O) groups excluding carboxylic acids is 1. The number of ether oxygens (including phenoxy) is 1. The highest BCUT2D eigenvalue weighted by Crippen LogP contribution is 2.20. The summed E-state index contributed by atoms with van der Waals surface area (Å²) < 4.78 is 6.80. The van der Waals surface area contributed by atoms with Gasteiger partial charge in [-0.05, 0) is 38.5 Å². The Kier molecular flexibility index (Phi) is 6.86. The number of aromatic nitrogens is 2. The van der Waals surface area contributed by atoms with E-state index >= 15 is 0 Å². The molecule has 0 bridgehead atoms. The number of nitrogens with zero attached hydrogens (tertiary/aromatic N) is 2. The lowest BCUT2D eigenvalue weighted by atomic mass is 10.2. The van der Waals surface area contributed by atoms with E-state index in [0.29, 0.717) is 13.0 Å². The number of hydrogen-bond donors (Lipinski definition) is 0. The van der Waals surface area contributed by atoms with Crippen LogP contribution in [0.25, 0.3) is 0 Å². The smallest absolute Gasteiger partial charge is 0.305 e. The molecule has 0 N–H and O–H groups in total. The van der Waals surface area contributed by atoms with Crippen LogP contribution >= 0.6 is 11.8 Å². The second-order valence-corrected chi connectivity index (χ2v) is 5.33. The monoisotopic (exact) mass is 270 g/mol. The fourth-order valence-electron chi connectivity index (χ4n) is 1.68. The lowest BCUT2D eigenvalue weighted by molar-refractivity contribution is -0.143. The van der Waals surface area contributed by atoms with Crippen molar-refractivity contribution < 1.29 is 9.53 Å². The third-order valence-corrected chi connectivity index (χ3v) is 3.71. The van der Waals surface area contributed by atoms with E-state index in [0.717, 1.165) is 30.7 Å². The minimum Gasteiger partial charge on any atom is -0.466 e. The van der Waals surface area contributed by atoms with E-state index in [4.69, 9.17) is 4.74 Å². The molecule has 0 aromatic carbocycles. The van der Waals surface area contributed by atoms with E-state index in [1.54, 1.807) is 0 Å². The first-order valence-corrected chi connectivity index (χ1v) is 7.41. The predicted octanol–water partition coefficient (Wildman–Crippen LogP) is 2.94. The van der Waals surface area contributed by atoms with E-state index in [-0.39, 0.29) is 5.97 Å². The Labute approximate surface area is 113 Å². The van der Waals surface area contributed by atoms with Crippen molar-refractivity contribution in [1.82, 2.24) is 9.78 Å². The van der Waals surface area contributed by atoms with Gasteiger partial charge in [0.2, 0.25) is 0 Å². The Balaban J connectivity index is 2.05. The summed E-state index contributed by atoms with van der Waals surface area (Å²) in [6.45, 7) is 4.32. The van der Waals surface area contributed by atoms with Gasteiger partial charge in [-0.3, -0.25) is 9.48 Å². The topological polar surface area (TPSA) is 44.1 Å². The Bertz CT molecular complexity index is 377. The van der Waals surface area contributed by atoms with Gasteiger partial charge in [-0.25, -0.2) is 0 Å². The average molecular weight is 270 g/mol. The van der Waals surface area contributed by atoms with E-state index in [9.17, 15) is 4.79 Å². The van der Waals surface area contributed by atoms with Crippen molar-refractivity contribution in [3.8, 4) is 0 Å². The van der Waals surface area contributed by atoms with E-state index < -0.39 is 0 Å². The number of hydrogen-bond acceptors (Lipinski definition) is 4. The molecule has 0 aliphatic rings. The minimum absolute atomic E-state index is 0.0765. The van der Waals surface area contributed by atoms with Crippen LogP contribution in [0.1, 0.15) is 38.3 Å². The van der Waals surface area contributed by atoms with Crippen molar-refractivity contribution in [2.75, 3.05) is 12.4 Å². The molecule has 1 rings (SSSR count). The summed E-state index contributed by atoms with van der Waals surface area (Å²) in [5.41, 5.74) is 1.06. The molecule has 0 fully saturated rings. The highest BCUT2D eigenvalue weighted by atomic mass is 32.2. The average Bonchev–Trinajstić information content (AvgIpc) is 2.62. The van der Waals surface area contributed by atoms with Gasteiger partial charge in [-0.1, -0.05) is 6.42 Å². The van der Waals surface area contributed by atoms with E-state index in [1.165, 1.54) is 5.03 Å². The van der Waals surface area contributed by atoms with Crippen LogP contribution in [0.4, 0.5) is 0 Å². The van der Waals surface area contributed by atoms with Gasteiger partial charge in [0.05, 0.1) is 17.3 Å². The van der Waals surface area contributed by atoms with E-state index in [1.807, 2.05) is 37.3 Å². The number of rotatable bonds is 8. The van der Waals surface area contributed by atoms with Crippen LogP contribution in [0.2, 0.25) is 0 Å². The van der Waals surface area contributed by atoms with Crippen molar-refractivity contribution in [3.63, 3.8) is 0 Å². The zero-order valence-electron chi connectivity index (χ0n) is 11.4. The van der Waals surface area contributed by atoms with Crippen molar-refractivity contribution in [1.29, 1.82) is 0 Å². The molecule has 0 aliphatic heterocycles. The van der Waals surface area contributed by atoms with E-state index in [2.05, 4.69) is 11.2 Å². The maximum atomic E-state index is 11.1. The summed E-state index contributed by atoms with van der Waals surface area (Å²) in [6.07, 6.45) is 3.66. The largest absolute Gasteiger partial charge is 0.466 e. The Morgan fingerprint density at radius 2 is 2.22 bits per heavy atom. The first-order chi connectivity index (χ1) is 8.63. The molecule has 1 aromatic heterocycles. The molecule has 1 heterocycles. The summed E-state index contributed by atoms with van der Waals surface area (Å²) in [4.78, 5) is 11.1. The van der Waals surface area contributed by atoms with Gasteiger partial charge in [0.15, 0.2) is 0 Å². The van der Waals surface area contributed by atoms with Crippen molar-refractivity contribution in [2.24, 2.45) is 7.05 Å². The number of esters is 1. The molecule has 0 saturated carbocycles. The minimum atomic E-state index is -0.0765. The fraction of sp³-hybridized carbons (Fsp3) is 0.692. The molecule has 0 aliphatic carbocycles. The predicted molar refractivity (Wildman–Crippen MR) is 73.8 cm³/mol. The normalized spacial score (nSPS) is 10.6. The van der Waals surface area contributed by atoms with Gasteiger partial charge in [-0.2, -0.15) is 5.10 Å². The number of unbranched alkanes of at least 4 members (excludes halogenated alkanes) is 2. The van der Waals surface area contributed by atoms with Crippen LogP contribution in [-0.4, -0.2) is 28.1 Å². The fourth-order valence-corrected chi connectivity index (χ4v) is 2.72. The van der Waals surface area contributed by atoms with Crippen LogP contribution in [0, 0.1) is 6.92 Å². The van der Waals surface area contributed by atoms with Gasteiger partial charge in [-0.15, -0.1) is 11.8 Å². The number of carbonyl (C=O) groups is 1. The molecule has 0 unspecified atom stereocenters. The molecule has 1 aromatic rings. The zero-order chi connectivity index (χ0) is 13.4. The lowest BCUT2D eigenvalue weighted by Gasteiger charge is -2.03. The summed E-state index contributed by atoms with van der Waals surface area (Å²) in [5.74, 6) is 0.995. The molecule has 18 heavy (non-hydrogen) atoms. The molecule has 102 valence electrons. The Hall–Kier alpha value is -0.970. The molecular weight excluding hydrogens is 248 g/mol. The highest BCUT2D eigenvalue weighted by molar-refractivity contribution is 7.99. The SMILES string of the molecule is CCOC(=O)CCCCCSc1cc(C)nn1C. The van der Waals surface area contributed by atoms with Crippen LogP contribution in [0.5, 0.6) is 0 Å². The van der Waals surface area contributed by atoms with Crippen molar-refractivity contribution in [2.45, 2.75) is 44.6 Å². The second kappa shape index (κ2) is 8.19. The molecular formula is C13H22N2O2S. The molecule has 0 spiro atoms. The molecule has 5 heteroatoms. The number of thioether (sulfide) groups is 1. The Morgan fingerprint density at radius 3 is 2.83 bits per heavy atom. The van der Waals surface area contributed by atoms with Gasteiger partial charge >= 0.3 is 5.97 Å². The quantitative estimate of drug-likeness (QED) is 0.414. The van der Waals surface area contributed by atoms with Gasteiger partial charge in [0.1, 0.15) is 0 Å². The second-order valence-electron chi connectivity index (χ2n) is 4.21. The molecule has 0 radical (unpaired) electrons. The molecule has 4 nitrogen and oxygen atoms in total. The summed E-state index contributed by atoms with van der Waals surface area (Å²) in [7, 11) is 1.97. The first-order valence-electron chi connectivity index (χ1n) is 6.42. The third-order valence-electron chi connectivity index (χ3n) is 2.54. The third kappa shape index (κ3) is 5.58. The highest BCUT2D eigenvalue weighted by Gasteiger charge is 2.03. The number of aryl methyl sites for hydroxylation is 2. The van der Waals surface area contributed by atoms with Crippen molar-refractivity contribution >= 4 is 17.7 Å². The van der Waals surface area contributed by atoms with Crippen LogP contribution < -0.4 is 0 Å². The summed E-state index contributed by atoms with van der Waals surface area (Å²) >= 11 is 1.82. The van der Waals surface area contributed by atoms with Gasteiger partial charge < -0.3 is 4.74 Å². The van der Waals surface area contributed by atoms with Crippen LogP contribution in [-0.2, 0) is 16.6 Å². The van der Waals surface area contributed by atoms with Gasteiger partial charge in [0, 0.05) is 13.5 Å². The summed E-state index contributed by atoms with van der Waals surface area (Å²) in [6, 6.07) is 2.10. The Morgan fingerprint density at radius 1 is 1.44 bits per heavy atom.